The average Bonchev–Trinajstić information content (AvgIpc) is 2.96. The Balaban J connectivity index is 1.55. The summed E-state index contributed by atoms with van der Waals surface area (Å²) in [6.45, 7) is 6.76. The molecule has 4 heteroatoms. The standard InChI is InChI=1S/C18H25N3O/c1-2-3-8-18(22)21-11-9-20(10-12-21)14-15-13-19-17-7-5-4-6-16(15)17/h4-7,13,19H,2-3,8-12,14H2,1H3. The Morgan fingerprint density at radius 1 is 1.18 bits per heavy atom. The molecular formula is C18H25N3O. The van der Waals surface area contributed by atoms with Crippen molar-refractivity contribution in [3.8, 4) is 0 Å². The number of para-hydroxylation sites is 1. The largest absolute Gasteiger partial charge is 0.361 e. The van der Waals surface area contributed by atoms with Gasteiger partial charge in [0.25, 0.3) is 0 Å². The van der Waals surface area contributed by atoms with E-state index < -0.39 is 0 Å². The molecule has 1 aliphatic rings. The Morgan fingerprint density at radius 3 is 2.73 bits per heavy atom. The minimum atomic E-state index is 0.327. The van der Waals surface area contributed by atoms with Gasteiger partial charge in [-0.05, 0) is 18.1 Å². The van der Waals surface area contributed by atoms with Gasteiger partial charge in [-0.1, -0.05) is 31.5 Å². The van der Waals surface area contributed by atoms with E-state index in [0.717, 1.165) is 45.6 Å². The highest BCUT2D eigenvalue weighted by Gasteiger charge is 2.21. The van der Waals surface area contributed by atoms with Gasteiger partial charge >= 0.3 is 0 Å². The van der Waals surface area contributed by atoms with Crippen molar-refractivity contribution in [2.24, 2.45) is 0 Å². The minimum absolute atomic E-state index is 0.327. The van der Waals surface area contributed by atoms with E-state index in [9.17, 15) is 4.79 Å². The van der Waals surface area contributed by atoms with E-state index in [0.29, 0.717) is 12.3 Å². The lowest BCUT2D eigenvalue weighted by atomic mass is 10.1. The third-order valence-electron chi connectivity index (χ3n) is 4.54. The Hall–Kier alpha value is -1.81. The van der Waals surface area contributed by atoms with Crippen LogP contribution in [0.25, 0.3) is 10.9 Å². The van der Waals surface area contributed by atoms with Gasteiger partial charge in [0, 0.05) is 56.2 Å². The number of piperazine rings is 1. The molecule has 118 valence electrons. The first-order chi connectivity index (χ1) is 10.8. The van der Waals surface area contributed by atoms with E-state index in [1.54, 1.807) is 0 Å². The number of benzene rings is 1. The van der Waals surface area contributed by atoms with E-state index >= 15 is 0 Å². The summed E-state index contributed by atoms with van der Waals surface area (Å²) in [5.74, 6) is 0.327. The van der Waals surface area contributed by atoms with E-state index in [-0.39, 0.29) is 0 Å². The fraction of sp³-hybridized carbons (Fsp3) is 0.500. The number of H-pyrrole nitrogens is 1. The summed E-state index contributed by atoms with van der Waals surface area (Å²) in [6, 6.07) is 8.43. The maximum Gasteiger partial charge on any atom is 0.222 e. The van der Waals surface area contributed by atoms with Crippen LogP contribution in [0.3, 0.4) is 0 Å². The van der Waals surface area contributed by atoms with Crippen molar-refractivity contribution in [3.63, 3.8) is 0 Å². The number of aromatic nitrogens is 1. The van der Waals surface area contributed by atoms with Crippen LogP contribution in [-0.2, 0) is 11.3 Å². The van der Waals surface area contributed by atoms with Crippen LogP contribution in [0.4, 0.5) is 0 Å². The molecule has 22 heavy (non-hydrogen) atoms. The monoisotopic (exact) mass is 299 g/mol. The number of carbonyl (C=O) groups excluding carboxylic acids is 1. The molecule has 0 aliphatic carbocycles. The predicted octanol–water partition coefficient (Wildman–Crippen LogP) is 3.00. The van der Waals surface area contributed by atoms with Gasteiger partial charge in [-0.15, -0.1) is 0 Å². The van der Waals surface area contributed by atoms with Crippen molar-refractivity contribution < 1.29 is 4.79 Å². The molecule has 0 unspecified atom stereocenters. The van der Waals surface area contributed by atoms with Crippen LogP contribution in [-0.4, -0.2) is 46.9 Å². The summed E-state index contributed by atoms with van der Waals surface area (Å²) in [4.78, 5) is 19.9. The lowest BCUT2D eigenvalue weighted by Gasteiger charge is -2.34. The van der Waals surface area contributed by atoms with Gasteiger partial charge in [0.15, 0.2) is 0 Å². The quantitative estimate of drug-likeness (QED) is 0.922. The molecule has 1 aromatic heterocycles. The molecule has 0 atom stereocenters. The Kier molecular flexibility index (Phi) is 4.78. The molecule has 0 spiro atoms. The van der Waals surface area contributed by atoms with Crippen molar-refractivity contribution >= 4 is 16.8 Å². The summed E-state index contributed by atoms with van der Waals surface area (Å²) in [5, 5.41) is 1.31. The first-order valence-corrected chi connectivity index (χ1v) is 8.33. The van der Waals surface area contributed by atoms with Crippen LogP contribution >= 0.6 is 0 Å². The second-order valence-corrected chi connectivity index (χ2v) is 6.12. The van der Waals surface area contributed by atoms with Crippen molar-refractivity contribution in [1.82, 2.24) is 14.8 Å². The van der Waals surface area contributed by atoms with Gasteiger partial charge in [0.2, 0.25) is 5.91 Å². The van der Waals surface area contributed by atoms with Gasteiger partial charge in [-0.25, -0.2) is 0 Å². The van der Waals surface area contributed by atoms with Gasteiger partial charge in [-0.2, -0.15) is 0 Å². The highest BCUT2D eigenvalue weighted by Crippen LogP contribution is 2.20. The fourth-order valence-electron chi connectivity index (χ4n) is 3.14. The molecule has 1 aliphatic heterocycles. The highest BCUT2D eigenvalue weighted by atomic mass is 16.2. The Labute approximate surface area is 132 Å². The third kappa shape index (κ3) is 3.33. The number of nitrogens with zero attached hydrogens (tertiary/aromatic N) is 2. The summed E-state index contributed by atoms with van der Waals surface area (Å²) in [5.41, 5.74) is 2.55. The molecule has 0 radical (unpaired) electrons. The number of rotatable bonds is 5. The van der Waals surface area contributed by atoms with E-state index in [1.807, 2.05) is 4.90 Å². The average molecular weight is 299 g/mol. The molecule has 1 fully saturated rings. The first-order valence-electron chi connectivity index (χ1n) is 8.33. The summed E-state index contributed by atoms with van der Waals surface area (Å²) < 4.78 is 0. The van der Waals surface area contributed by atoms with Crippen LogP contribution in [0.5, 0.6) is 0 Å². The number of hydrogen-bond donors (Lipinski definition) is 1. The van der Waals surface area contributed by atoms with Gasteiger partial charge in [-0.3, -0.25) is 9.69 Å². The van der Waals surface area contributed by atoms with Crippen molar-refractivity contribution in [2.75, 3.05) is 26.2 Å². The normalized spacial score (nSPS) is 16.3. The number of amides is 1. The number of unbranched alkanes of at least 4 members (excludes halogenated alkanes) is 1. The van der Waals surface area contributed by atoms with Crippen molar-refractivity contribution in [2.45, 2.75) is 32.7 Å². The minimum Gasteiger partial charge on any atom is -0.361 e. The van der Waals surface area contributed by atoms with Crippen LogP contribution in [0.15, 0.2) is 30.5 Å². The maximum absolute atomic E-state index is 12.1. The van der Waals surface area contributed by atoms with Gasteiger partial charge in [0.05, 0.1) is 0 Å². The topological polar surface area (TPSA) is 39.3 Å². The molecule has 4 nitrogen and oxygen atoms in total. The number of hydrogen-bond acceptors (Lipinski definition) is 2. The highest BCUT2D eigenvalue weighted by molar-refractivity contribution is 5.83. The lowest BCUT2D eigenvalue weighted by molar-refractivity contribution is -0.133. The molecule has 2 aromatic rings. The number of carbonyl (C=O) groups is 1. The molecule has 1 aromatic carbocycles. The lowest BCUT2D eigenvalue weighted by Crippen LogP contribution is -2.48. The molecule has 2 heterocycles. The number of nitrogens with one attached hydrogen (secondary N) is 1. The molecule has 0 bridgehead atoms. The number of fused-ring (bicyclic) bond motifs is 1. The predicted molar refractivity (Wildman–Crippen MR) is 89.7 cm³/mol. The second-order valence-electron chi connectivity index (χ2n) is 6.12. The zero-order valence-corrected chi connectivity index (χ0v) is 13.3. The SMILES string of the molecule is CCCCC(=O)N1CCN(Cc2c[nH]c3ccccc23)CC1. The van der Waals surface area contributed by atoms with Crippen LogP contribution < -0.4 is 0 Å². The fourth-order valence-corrected chi connectivity index (χ4v) is 3.14. The van der Waals surface area contributed by atoms with Crippen LogP contribution in [0, 0.1) is 0 Å². The van der Waals surface area contributed by atoms with E-state index in [1.165, 1.54) is 16.5 Å². The van der Waals surface area contributed by atoms with Gasteiger partial charge in [0.1, 0.15) is 0 Å². The zero-order chi connectivity index (χ0) is 15.4. The van der Waals surface area contributed by atoms with Gasteiger partial charge < -0.3 is 9.88 Å². The molecule has 1 amide bonds. The first kappa shape index (κ1) is 15.1. The molecular weight excluding hydrogens is 274 g/mol. The van der Waals surface area contributed by atoms with E-state index in [4.69, 9.17) is 0 Å². The van der Waals surface area contributed by atoms with E-state index in [2.05, 4.69) is 47.3 Å². The summed E-state index contributed by atoms with van der Waals surface area (Å²) in [6.07, 6.45) is 4.92. The zero-order valence-electron chi connectivity index (χ0n) is 13.3. The van der Waals surface area contributed by atoms with Crippen molar-refractivity contribution in [1.29, 1.82) is 0 Å². The third-order valence-corrected chi connectivity index (χ3v) is 4.54. The van der Waals surface area contributed by atoms with Crippen LogP contribution in [0.2, 0.25) is 0 Å². The summed E-state index contributed by atoms with van der Waals surface area (Å²) >= 11 is 0. The smallest absolute Gasteiger partial charge is 0.222 e. The van der Waals surface area contributed by atoms with Crippen molar-refractivity contribution in [3.05, 3.63) is 36.0 Å². The molecule has 3 rings (SSSR count). The Morgan fingerprint density at radius 2 is 1.95 bits per heavy atom. The molecule has 1 saturated heterocycles. The summed E-state index contributed by atoms with van der Waals surface area (Å²) in [7, 11) is 0. The maximum atomic E-state index is 12.1. The Bertz CT molecular complexity index is 626. The second kappa shape index (κ2) is 6.97. The molecule has 0 saturated carbocycles. The number of aromatic amines is 1. The van der Waals surface area contributed by atoms with Crippen LogP contribution in [0.1, 0.15) is 31.7 Å². The molecule has 1 N–H and O–H groups in total.